The van der Waals surface area contributed by atoms with Gasteiger partial charge < -0.3 is 14.8 Å². The van der Waals surface area contributed by atoms with Crippen molar-refractivity contribution in [3.63, 3.8) is 0 Å². The summed E-state index contributed by atoms with van der Waals surface area (Å²) in [5.41, 5.74) is 5.68. The molecule has 3 aromatic carbocycles. The second-order valence-electron chi connectivity index (χ2n) is 7.29. The Morgan fingerprint density at radius 2 is 1.77 bits per heavy atom. The summed E-state index contributed by atoms with van der Waals surface area (Å²) >= 11 is 6.12. The van der Waals surface area contributed by atoms with Crippen molar-refractivity contribution >= 4 is 17.3 Å². The summed E-state index contributed by atoms with van der Waals surface area (Å²) in [6.45, 7) is 9.76. The van der Waals surface area contributed by atoms with Gasteiger partial charge in [-0.05, 0) is 66.8 Å². The van der Waals surface area contributed by atoms with Gasteiger partial charge in [0.25, 0.3) is 0 Å². The summed E-state index contributed by atoms with van der Waals surface area (Å²) in [5, 5.41) is 4.27. The number of anilines is 1. The highest BCUT2D eigenvalue weighted by atomic mass is 35.5. The van der Waals surface area contributed by atoms with E-state index >= 15 is 0 Å². The van der Waals surface area contributed by atoms with E-state index in [1.165, 1.54) is 5.56 Å². The predicted molar refractivity (Wildman–Crippen MR) is 130 cm³/mol. The van der Waals surface area contributed by atoms with Crippen molar-refractivity contribution in [3.05, 3.63) is 101 Å². The summed E-state index contributed by atoms with van der Waals surface area (Å²) in [7, 11) is 0. The zero-order valence-electron chi connectivity index (χ0n) is 18.3. The van der Waals surface area contributed by atoms with Crippen LogP contribution in [0.15, 0.2) is 73.3 Å². The van der Waals surface area contributed by atoms with Crippen LogP contribution in [-0.2, 0) is 26.0 Å². The van der Waals surface area contributed by atoms with Gasteiger partial charge in [0.1, 0.15) is 6.61 Å². The number of aryl methyl sites for hydroxylation is 1. The number of hydrogen-bond donors (Lipinski definition) is 1. The number of para-hydroxylation sites is 1. The summed E-state index contributed by atoms with van der Waals surface area (Å²) < 4.78 is 12.2. The van der Waals surface area contributed by atoms with Crippen LogP contribution in [0.25, 0.3) is 0 Å². The minimum Gasteiger partial charge on any atom is -0.490 e. The first-order valence-electron chi connectivity index (χ1n) is 10.7. The molecule has 3 aromatic rings. The Bertz CT molecular complexity index is 1020. The number of halogens is 1. The smallest absolute Gasteiger partial charge is 0.165 e. The van der Waals surface area contributed by atoms with Crippen LogP contribution in [0.2, 0.25) is 5.02 Å². The Kier molecular flexibility index (Phi) is 8.43. The number of ether oxygens (including phenoxy) is 2. The number of rotatable bonds is 11. The Hall–Kier alpha value is -2.91. The molecule has 4 heteroatoms. The zero-order valence-corrected chi connectivity index (χ0v) is 19.0. The molecular weight excluding hydrogens is 406 g/mol. The molecule has 0 saturated carbocycles. The third-order valence-corrected chi connectivity index (χ3v) is 5.24. The van der Waals surface area contributed by atoms with Gasteiger partial charge in [-0.25, -0.2) is 0 Å². The highest BCUT2D eigenvalue weighted by molar-refractivity contribution is 6.30. The first-order valence-corrected chi connectivity index (χ1v) is 11.1. The Morgan fingerprint density at radius 1 is 0.935 bits per heavy atom. The lowest BCUT2D eigenvalue weighted by molar-refractivity contribution is 0.267. The van der Waals surface area contributed by atoms with E-state index in [9.17, 15) is 0 Å². The number of hydrogen-bond acceptors (Lipinski definition) is 3. The molecule has 0 saturated heterocycles. The topological polar surface area (TPSA) is 30.5 Å². The van der Waals surface area contributed by atoms with E-state index in [0.29, 0.717) is 31.2 Å². The van der Waals surface area contributed by atoms with Gasteiger partial charge in [0.2, 0.25) is 0 Å². The molecule has 3 rings (SSSR count). The van der Waals surface area contributed by atoms with Gasteiger partial charge in [-0.1, -0.05) is 54.9 Å². The fourth-order valence-corrected chi connectivity index (χ4v) is 3.75. The minimum atomic E-state index is 0.423. The summed E-state index contributed by atoms with van der Waals surface area (Å²) in [4.78, 5) is 0. The van der Waals surface area contributed by atoms with Crippen LogP contribution in [0.1, 0.15) is 36.1 Å². The molecule has 0 aliphatic carbocycles. The molecule has 0 fully saturated rings. The first kappa shape index (κ1) is 22.8. The highest BCUT2D eigenvalue weighted by Gasteiger charge is 2.14. The maximum absolute atomic E-state index is 6.22. The molecule has 0 amide bonds. The molecule has 0 aromatic heterocycles. The Morgan fingerprint density at radius 3 is 2.52 bits per heavy atom. The van der Waals surface area contributed by atoms with Crippen LogP contribution in [-0.4, -0.2) is 6.61 Å². The van der Waals surface area contributed by atoms with Crippen molar-refractivity contribution in [2.75, 3.05) is 11.9 Å². The van der Waals surface area contributed by atoms with Gasteiger partial charge in [-0.2, -0.15) is 0 Å². The van der Waals surface area contributed by atoms with Crippen LogP contribution < -0.4 is 14.8 Å². The maximum atomic E-state index is 6.22. The molecule has 0 heterocycles. The van der Waals surface area contributed by atoms with Crippen LogP contribution >= 0.6 is 11.6 Å². The molecule has 0 radical (unpaired) electrons. The Labute approximate surface area is 190 Å². The SMILES string of the molecule is C=CCc1cc(CNc2ccccc2CC)cc(OCC)c1OCc1cccc(Cl)c1. The molecule has 0 bridgehead atoms. The first-order chi connectivity index (χ1) is 15.1. The van der Waals surface area contributed by atoms with Gasteiger partial charge in [0.15, 0.2) is 11.5 Å². The van der Waals surface area contributed by atoms with E-state index in [0.717, 1.165) is 40.3 Å². The van der Waals surface area contributed by atoms with Crippen molar-refractivity contribution in [2.45, 2.75) is 39.8 Å². The average Bonchev–Trinajstić information content (AvgIpc) is 2.78. The van der Waals surface area contributed by atoms with Crippen molar-refractivity contribution < 1.29 is 9.47 Å². The van der Waals surface area contributed by atoms with Crippen LogP contribution in [0.4, 0.5) is 5.69 Å². The second-order valence-corrected chi connectivity index (χ2v) is 7.73. The van der Waals surface area contributed by atoms with Crippen molar-refractivity contribution in [2.24, 2.45) is 0 Å². The third-order valence-electron chi connectivity index (χ3n) is 5.01. The molecule has 0 spiro atoms. The zero-order chi connectivity index (χ0) is 22.1. The monoisotopic (exact) mass is 435 g/mol. The van der Waals surface area contributed by atoms with Crippen LogP contribution in [0.5, 0.6) is 11.5 Å². The Balaban J connectivity index is 1.85. The molecule has 31 heavy (non-hydrogen) atoms. The standard InChI is InChI=1S/C27H30ClNO2/c1-4-10-23-15-21(18-29-25-14-8-7-12-22(25)5-2)17-26(30-6-3)27(23)31-19-20-11-9-13-24(28)16-20/h4,7-9,11-17,29H,1,5-6,10,18-19H2,2-3H3. The van der Waals surface area contributed by atoms with Gasteiger partial charge in [0.05, 0.1) is 6.61 Å². The lowest BCUT2D eigenvalue weighted by Gasteiger charge is -2.18. The fourth-order valence-electron chi connectivity index (χ4n) is 3.54. The number of benzene rings is 3. The largest absolute Gasteiger partial charge is 0.490 e. The molecule has 0 aliphatic rings. The van der Waals surface area contributed by atoms with Crippen LogP contribution in [0.3, 0.4) is 0 Å². The normalized spacial score (nSPS) is 10.5. The molecule has 0 atom stereocenters. The minimum absolute atomic E-state index is 0.423. The summed E-state index contributed by atoms with van der Waals surface area (Å²) in [5.74, 6) is 1.52. The van der Waals surface area contributed by atoms with Gasteiger partial charge in [0, 0.05) is 22.8 Å². The number of nitrogens with one attached hydrogen (secondary N) is 1. The second kappa shape index (κ2) is 11.5. The van der Waals surface area contributed by atoms with E-state index in [1.807, 2.05) is 37.3 Å². The molecule has 3 nitrogen and oxygen atoms in total. The molecule has 1 N–H and O–H groups in total. The molecular formula is C27H30ClNO2. The van der Waals surface area contributed by atoms with Gasteiger partial charge >= 0.3 is 0 Å². The average molecular weight is 436 g/mol. The van der Waals surface area contributed by atoms with Crippen molar-refractivity contribution in [3.8, 4) is 11.5 Å². The van der Waals surface area contributed by atoms with E-state index in [-0.39, 0.29) is 0 Å². The maximum Gasteiger partial charge on any atom is 0.165 e. The quantitative estimate of drug-likeness (QED) is 0.322. The molecule has 162 valence electrons. The predicted octanol–water partition coefficient (Wildman–Crippen LogP) is 7.22. The van der Waals surface area contributed by atoms with Crippen molar-refractivity contribution in [1.82, 2.24) is 0 Å². The molecule has 0 unspecified atom stereocenters. The van der Waals surface area contributed by atoms with E-state index < -0.39 is 0 Å². The van der Waals surface area contributed by atoms with Gasteiger partial charge in [-0.3, -0.25) is 0 Å². The van der Waals surface area contributed by atoms with E-state index in [4.69, 9.17) is 21.1 Å². The third kappa shape index (κ3) is 6.28. The van der Waals surface area contributed by atoms with Crippen molar-refractivity contribution in [1.29, 1.82) is 0 Å². The van der Waals surface area contributed by atoms with Crippen LogP contribution in [0, 0.1) is 0 Å². The molecule has 0 aliphatic heterocycles. The van der Waals surface area contributed by atoms with E-state index in [1.54, 1.807) is 0 Å². The fraction of sp³-hybridized carbons (Fsp3) is 0.259. The lowest BCUT2D eigenvalue weighted by atomic mass is 10.0. The lowest BCUT2D eigenvalue weighted by Crippen LogP contribution is -2.06. The number of allylic oxidation sites excluding steroid dienone is 1. The summed E-state index contributed by atoms with van der Waals surface area (Å²) in [6, 6.07) is 20.3. The van der Waals surface area contributed by atoms with Gasteiger partial charge in [-0.15, -0.1) is 6.58 Å². The van der Waals surface area contributed by atoms with E-state index in [2.05, 4.69) is 55.2 Å². The summed E-state index contributed by atoms with van der Waals surface area (Å²) in [6.07, 6.45) is 3.58. The highest BCUT2D eigenvalue weighted by Crippen LogP contribution is 2.35.